The summed E-state index contributed by atoms with van der Waals surface area (Å²) in [5.74, 6) is 0.0718. The van der Waals surface area contributed by atoms with Gasteiger partial charge in [0.2, 0.25) is 0 Å². The summed E-state index contributed by atoms with van der Waals surface area (Å²) < 4.78 is 1.11. The van der Waals surface area contributed by atoms with Crippen molar-refractivity contribution in [3.63, 3.8) is 0 Å². The molecule has 3 nitrogen and oxygen atoms in total. The molecule has 0 saturated heterocycles. The third-order valence-corrected chi connectivity index (χ3v) is 3.49. The van der Waals surface area contributed by atoms with Gasteiger partial charge in [-0.1, -0.05) is 51.1 Å². The molecule has 0 amide bonds. The monoisotopic (exact) mass is 295 g/mol. The van der Waals surface area contributed by atoms with Gasteiger partial charge in [0.05, 0.1) is 19.6 Å². The minimum absolute atomic E-state index is 0.0718. The number of quaternary nitrogens is 1. The van der Waals surface area contributed by atoms with Crippen LogP contribution in [0.15, 0.2) is 30.3 Å². The zero-order chi connectivity index (χ0) is 16.1. The summed E-state index contributed by atoms with van der Waals surface area (Å²) in [5, 5.41) is 19.8. The van der Waals surface area contributed by atoms with Crippen LogP contribution in [-0.4, -0.2) is 41.9 Å². The molecule has 0 aliphatic rings. The van der Waals surface area contributed by atoms with Crippen molar-refractivity contribution >= 4 is 0 Å². The fraction of sp³-hybridized carbons (Fsp3) is 0.667. The number of para-hydroxylation sites is 1. The maximum atomic E-state index is 10.3. The van der Waals surface area contributed by atoms with Crippen LogP contribution in [0.2, 0.25) is 0 Å². The number of nitrogens with zero attached hydrogens (tertiary/aromatic N) is 1. The van der Waals surface area contributed by atoms with Crippen molar-refractivity contribution in [1.29, 1.82) is 0 Å². The fourth-order valence-electron chi connectivity index (χ4n) is 3.01. The van der Waals surface area contributed by atoms with E-state index in [1.165, 1.54) is 51.0 Å². The standard InChI is InChI=1S/C12H28NO.C6H6O/c1-5-8-13(9-6-2,10-7-3)11-12(4)14;7-6-4-2-1-3-5-6/h12,14H,5-11H2,1-4H3;1-5,7H/q+1;/p-1. The van der Waals surface area contributed by atoms with E-state index in [0.29, 0.717) is 0 Å². The molecule has 0 radical (unpaired) electrons. The van der Waals surface area contributed by atoms with Crippen molar-refractivity contribution in [3.05, 3.63) is 30.3 Å². The molecule has 0 bridgehead atoms. The first kappa shape index (κ1) is 19.9. The van der Waals surface area contributed by atoms with E-state index in [1.54, 1.807) is 12.1 Å². The summed E-state index contributed by atoms with van der Waals surface area (Å²) in [4.78, 5) is 0. The maximum absolute atomic E-state index is 10.3. The van der Waals surface area contributed by atoms with Crippen molar-refractivity contribution in [2.45, 2.75) is 53.1 Å². The smallest absolute Gasteiger partial charge is 0.105 e. The van der Waals surface area contributed by atoms with Crippen LogP contribution in [0.5, 0.6) is 5.75 Å². The van der Waals surface area contributed by atoms with E-state index in [2.05, 4.69) is 20.8 Å². The minimum Gasteiger partial charge on any atom is -0.872 e. The number of aliphatic hydroxyl groups is 1. The van der Waals surface area contributed by atoms with E-state index in [4.69, 9.17) is 0 Å². The van der Waals surface area contributed by atoms with Crippen LogP contribution in [0.3, 0.4) is 0 Å². The number of hydrogen-bond donors (Lipinski definition) is 1. The molecule has 0 aliphatic heterocycles. The average molecular weight is 295 g/mol. The Hall–Kier alpha value is -1.06. The van der Waals surface area contributed by atoms with E-state index in [1.807, 2.05) is 13.0 Å². The molecule has 3 heteroatoms. The van der Waals surface area contributed by atoms with Gasteiger partial charge >= 0.3 is 0 Å². The van der Waals surface area contributed by atoms with E-state index in [9.17, 15) is 10.2 Å². The Kier molecular flexibility index (Phi) is 11.0. The van der Waals surface area contributed by atoms with Gasteiger partial charge in [0.1, 0.15) is 12.6 Å². The summed E-state index contributed by atoms with van der Waals surface area (Å²) in [5.41, 5.74) is 0. The van der Waals surface area contributed by atoms with Crippen LogP contribution < -0.4 is 5.11 Å². The third-order valence-electron chi connectivity index (χ3n) is 3.49. The summed E-state index contributed by atoms with van der Waals surface area (Å²) in [6.07, 6.45) is 3.48. The highest BCUT2D eigenvalue weighted by Crippen LogP contribution is 2.12. The molecule has 1 aromatic rings. The third kappa shape index (κ3) is 9.48. The van der Waals surface area contributed by atoms with Crippen LogP contribution in [0.1, 0.15) is 47.0 Å². The van der Waals surface area contributed by atoms with Gasteiger partial charge in [-0.25, -0.2) is 0 Å². The van der Waals surface area contributed by atoms with Crippen molar-refractivity contribution in [2.24, 2.45) is 0 Å². The molecule has 0 heterocycles. The van der Waals surface area contributed by atoms with E-state index in [-0.39, 0.29) is 11.9 Å². The maximum Gasteiger partial charge on any atom is 0.105 e. The number of aliphatic hydroxyl groups excluding tert-OH is 1. The second kappa shape index (κ2) is 11.6. The average Bonchev–Trinajstić information content (AvgIpc) is 2.40. The van der Waals surface area contributed by atoms with Gasteiger partial charge in [0.15, 0.2) is 0 Å². The first-order valence-electron chi connectivity index (χ1n) is 8.24. The van der Waals surface area contributed by atoms with E-state index >= 15 is 0 Å². The molecular weight excluding hydrogens is 262 g/mol. The molecular formula is C18H33NO2. The molecule has 1 aromatic carbocycles. The van der Waals surface area contributed by atoms with Crippen molar-refractivity contribution in [2.75, 3.05) is 26.2 Å². The highest BCUT2D eigenvalue weighted by Gasteiger charge is 2.26. The van der Waals surface area contributed by atoms with Gasteiger partial charge in [-0.05, 0) is 26.2 Å². The van der Waals surface area contributed by atoms with Crippen LogP contribution in [0, 0.1) is 0 Å². The lowest BCUT2D eigenvalue weighted by atomic mass is 10.2. The van der Waals surface area contributed by atoms with Crippen LogP contribution in [0.25, 0.3) is 0 Å². The Morgan fingerprint density at radius 2 is 1.38 bits per heavy atom. The van der Waals surface area contributed by atoms with Gasteiger partial charge in [-0.3, -0.25) is 0 Å². The van der Waals surface area contributed by atoms with Crippen molar-refractivity contribution < 1.29 is 14.7 Å². The predicted molar refractivity (Wildman–Crippen MR) is 88.2 cm³/mol. The van der Waals surface area contributed by atoms with Crippen molar-refractivity contribution in [1.82, 2.24) is 0 Å². The number of benzene rings is 1. The quantitative estimate of drug-likeness (QED) is 0.749. The molecule has 21 heavy (non-hydrogen) atoms. The summed E-state index contributed by atoms with van der Waals surface area (Å²) >= 11 is 0. The summed E-state index contributed by atoms with van der Waals surface area (Å²) in [7, 11) is 0. The topological polar surface area (TPSA) is 43.3 Å². The second-order valence-corrected chi connectivity index (χ2v) is 5.86. The molecule has 0 aromatic heterocycles. The first-order chi connectivity index (χ1) is 9.99. The van der Waals surface area contributed by atoms with E-state index in [0.717, 1.165) is 11.0 Å². The summed E-state index contributed by atoms with van der Waals surface area (Å²) in [6.45, 7) is 13.2. The zero-order valence-electron chi connectivity index (χ0n) is 14.2. The van der Waals surface area contributed by atoms with Gasteiger partial charge in [-0.15, -0.1) is 5.75 Å². The number of rotatable bonds is 8. The minimum atomic E-state index is -0.167. The molecule has 1 N–H and O–H groups in total. The molecule has 1 rings (SSSR count). The molecule has 0 fully saturated rings. The Balaban J connectivity index is 0.000000471. The SMILES string of the molecule is CCC[N+](CCC)(CCC)CC(C)O.[O-]c1ccccc1. The Morgan fingerprint density at radius 3 is 1.62 bits per heavy atom. The highest BCUT2D eigenvalue weighted by atomic mass is 16.3. The number of hydrogen-bond acceptors (Lipinski definition) is 2. The Labute approximate surface area is 130 Å². The fourth-order valence-corrected chi connectivity index (χ4v) is 3.01. The van der Waals surface area contributed by atoms with Gasteiger partial charge in [0, 0.05) is 0 Å². The first-order valence-corrected chi connectivity index (χ1v) is 8.24. The Bertz CT molecular complexity index is 321. The molecule has 122 valence electrons. The molecule has 0 saturated carbocycles. The normalized spacial score (nSPS) is 12.4. The Morgan fingerprint density at radius 1 is 0.952 bits per heavy atom. The van der Waals surface area contributed by atoms with Gasteiger partial charge < -0.3 is 14.7 Å². The van der Waals surface area contributed by atoms with Crippen LogP contribution in [0.4, 0.5) is 0 Å². The molecule has 0 aliphatic carbocycles. The molecule has 1 atom stereocenters. The molecule has 0 spiro atoms. The van der Waals surface area contributed by atoms with Crippen LogP contribution >= 0.6 is 0 Å². The van der Waals surface area contributed by atoms with E-state index < -0.39 is 0 Å². The lowest BCUT2D eigenvalue weighted by Crippen LogP contribution is -2.53. The largest absolute Gasteiger partial charge is 0.872 e. The predicted octanol–water partition coefficient (Wildman–Crippen LogP) is 3.17. The van der Waals surface area contributed by atoms with Crippen molar-refractivity contribution in [3.8, 4) is 5.75 Å². The second-order valence-electron chi connectivity index (χ2n) is 5.86. The zero-order valence-corrected chi connectivity index (χ0v) is 14.2. The van der Waals surface area contributed by atoms with Gasteiger partial charge in [-0.2, -0.15) is 0 Å². The van der Waals surface area contributed by atoms with Crippen LogP contribution in [-0.2, 0) is 0 Å². The summed E-state index contributed by atoms with van der Waals surface area (Å²) in [6, 6.07) is 8.33. The lowest BCUT2D eigenvalue weighted by Gasteiger charge is -2.39. The molecule has 1 unspecified atom stereocenters. The highest BCUT2D eigenvalue weighted by molar-refractivity contribution is 5.17. The lowest BCUT2D eigenvalue weighted by molar-refractivity contribution is -0.930. The van der Waals surface area contributed by atoms with Gasteiger partial charge in [0.25, 0.3) is 0 Å².